The SMILES string of the molecule is FC(F)n1cc(-c2ccc(Cl)cc2Br)cn1. The Bertz CT molecular complexity index is 513. The van der Waals surface area contributed by atoms with Crippen LogP contribution in [0.2, 0.25) is 5.02 Å². The van der Waals surface area contributed by atoms with Crippen LogP contribution < -0.4 is 0 Å². The summed E-state index contributed by atoms with van der Waals surface area (Å²) in [6, 6.07) is 5.15. The normalized spacial score (nSPS) is 11.1. The zero-order valence-corrected chi connectivity index (χ0v) is 10.2. The van der Waals surface area contributed by atoms with Gasteiger partial charge in [0, 0.05) is 21.3 Å². The Labute approximate surface area is 104 Å². The van der Waals surface area contributed by atoms with E-state index in [1.807, 2.05) is 0 Å². The van der Waals surface area contributed by atoms with Crippen LogP contribution in [0, 0.1) is 0 Å². The van der Waals surface area contributed by atoms with Crippen LogP contribution in [0.25, 0.3) is 11.1 Å². The van der Waals surface area contributed by atoms with Gasteiger partial charge in [-0.3, -0.25) is 0 Å². The molecule has 0 N–H and O–H groups in total. The van der Waals surface area contributed by atoms with Crippen LogP contribution in [-0.2, 0) is 0 Å². The Morgan fingerprint density at radius 3 is 2.69 bits per heavy atom. The van der Waals surface area contributed by atoms with Gasteiger partial charge in [-0.05, 0) is 17.7 Å². The summed E-state index contributed by atoms with van der Waals surface area (Å²) in [5.74, 6) is 0. The van der Waals surface area contributed by atoms with Crippen LogP contribution in [0.5, 0.6) is 0 Å². The molecule has 0 radical (unpaired) electrons. The molecule has 0 aliphatic heterocycles. The van der Waals surface area contributed by atoms with Crippen molar-refractivity contribution >= 4 is 27.5 Å². The van der Waals surface area contributed by atoms with Crippen LogP contribution >= 0.6 is 27.5 Å². The van der Waals surface area contributed by atoms with E-state index in [1.54, 1.807) is 18.2 Å². The Balaban J connectivity index is 2.42. The van der Waals surface area contributed by atoms with Crippen molar-refractivity contribution in [3.05, 3.63) is 40.1 Å². The smallest absolute Gasteiger partial charge is 0.211 e. The van der Waals surface area contributed by atoms with Gasteiger partial charge in [0.15, 0.2) is 0 Å². The Morgan fingerprint density at radius 1 is 1.38 bits per heavy atom. The maximum absolute atomic E-state index is 12.3. The molecule has 2 aromatic rings. The van der Waals surface area contributed by atoms with E-state index in [1.165, 1.54) is 12.4 Å². The second-order valence-electron chi connectivity index (χ2n) is 3.11. The first-order valence-electron chi connectivity index (χ1n) is 4.35. The van der Waals surface area contributed by atoms with Crippen LogP contribution in [0.3, 0.4) is 0 Å². The van der Waals surface area contributed by atoms with E-state index in [0.717, 1.165) is 10.0 Å². The molecule has 0 atom stereocenters. The minimum atomic E-state index is -2.63. The van der Waals surface area contributed by atoms with Crippen molar-refractivity contribution in [2.24, 2.45) is 0 Å². The Morgan fingerprint density at radius 2 is 2.12 bits per heavy atom. The lowest BCUT2D eigenvalue weighted by atomic mass is 10.1. The number of rotatable bonds is 2. The molecule has 16 heavy (non-hydrogen) atoms. The van der Waals surface area contributed by atoms with E-state index in [4.69, 9.17) is 11.6 Å². The maximum Gasteiger partial charge on any atom is 0.333 e. The largest absolute Gasteiger partial charge is 0.333 e. The molecule has 2 rings (SSSR count). The zero-order valence-electron chi connectivity index (χ0n) is 7.87. The Kier molecular flexibility index (Phi) is 3.25. The molecule has 1 heterocycles. The molecule has 6 heteroatoms. The predicted molar refractivity (Wildman–Crippen MR) is 61.6 cm³/mol. The molecule has 84 valence electrons. The summed E-state index contributed by atoms with van der Waals surface area (Å²) in [6.45, 7) is -2.63. The zero-order chi connectivity index (χ0) is 11.7. The van der Waals surface area contributed by atoms with Crippen LogP contribution in [0.1, 0.15) is 6.55 Å². The van der Waals surface area contributed by atoms with Crippen molar-refractivity contribution < 1.29 is 8.78 Å². The molecular formula is C10H6BrClF2N2. The number of benzene rings is 1. The maximum atomic E-state index is 12.3. The fraction of sp³-hybridized carbons (Fsp3) is 0.100. The first kappa shape index (κ1) is 11.5. The summed E-state index contributed by atoms with van der Waals surface area (Å²) in [4.78, 5) is 0. The van der Waals surface area contributed by atoms with E-state index < -0.39 is 6.55 Å². The average Bonchev–Trinajstić information content (AvgIpc) is 2.66. The molecule has 0 unspecified atom stereocenters. The Hall–Kier alpha value is -0.940. The summed E-state index contributed by atoms with van der Waals surface area (Å²) in [6.07, 6.45) is 2.68. The van der Waals surface area contributed by atoms with Gasteiger partial charge in [-0.25, -0.2) is 4.68 Å². The first-order chi connectivity index (χ1) is 7.58. The van der Waals surface area contributed by atoms with Gasteiger partial charge in [0.25, 0.3) is 0 Å². The van der Waals surface area contributed by atoms with Crippen LogP contribution in [0.4, 0.5) is 8.78 Å². The molecule has 0 saturated heterocycles. The molecule has 2 nitrogen and oxygen atoms in total. The molecule has 0 saturated carbocycles. The average molecular weight is 308 g/mol. The molecule has 0 fully saturated rings. The van der Waals surface area contributed by atoms with E-state index in [0.29, 0.717) is 15.3 Å². The highest BCUT2D eigenvalue weighted by atomic mass is 79.9. The van der Waals surface area contributed by atoms with Crippen LogP contribution in [0.15, 0.2) is 35.1 Å². The van der Waals surface area contributed by atoms with Gasteiger partial charge in [0.05, 0.1) is 6.20 Å². The molecule has 1 aromatic heterocycles. The first-order valence-corrected chi connectivity index (χ1v) is 5.53. The minimum absolute atomic E-state index is 0.580. The van der Waals surface area contributed by atoms with Gasteiger partial charge in [0.1, 0.15) is 0 Å². The molecule has 0 bridgehead atoms. The molecule has 0 spiro atoms. The highest BCUT2D eigenvalue weighted by Crippen LogP contribution is 2.30. The number of aromatic nitrogens is 2. The van der Waals surface area contributed by atoms with E-state index in [-0.39, 0.29) is 0 Å². The van der Waals surface area contributed by atoms with Crippen molar-refractivity contribution in [3.8, 4) is 11.1 Å². The van der Waals surface area contributed by atoms with Gasteiger partial charge in [-0.15, -0.1) is 0 Å². The van der Waals surface area contributed by atoms with Gasteiger partial charge >= 0.3 is 6.55 Å². The third-order valence-corrected chi connectivity index (χ3v) is 2.93. The standard InChI is InChI=1S/C10H6BrClF2N2/c11-9-3-7(12)1-2-8(9)6-4-15-16(5-6)10(13)14/h1-5,10H. The lowest BCUT2D eigenvalue weighted by Crippen LogP contribution is -1.96. The summed E-state index contributed by atoms with van der Waals surface area (Å²) in [5.41, 5.74) is 1.39. The van der Waals surface area contributed by atoms with Crippen molar-refractivity contribution in [1.29, 1.82) is 0 Å². The summed E-state index contributed by atoms with van der Waals surface area (Å²) in [7, 11) is 0. The van der Waals surface area contributed by atoms with E-state index in [2.05, 4.69) is 21.0 Å². The molecule has 1 aromatic carbocycles. The quantitative estimate of drug-likeness (QED) is 0.806. The van der Waals surface area contributed by atoms with Crippen molar-refractivity contribution in [2.75, 3.05) is 0 Å². The third kappa shape index (κ3) is 2.25. The van der Waals surface area contributed by atoms with Crippen molar-refractivity contribution in [3.63, 3.8) is 0 Å². The minimum Gasteiger partial charge on any atom is -0.211 e. The van der Waals surface area contributed by atoms with Gasteiger partial charge in [0.2, 0.25) is 0 Å². The fourth-order valence-electron chi connectivity index (χ4n) is 1.31. The van der Waals surface area contributed by atoms with Gasteiger partial charge in [-0.2, -0.15) is 13.9 Å². The lowest BCUT2D eigenvalue weighted by molar-refractivity contribution is 0.0566. The van der Waals surface area contributed by atoms with E-state index in [9.17, 15) is 8.78 Å². The monoisotopic (exact) mass is 306 g/mol. The lowest BCUT2D eigenvalue weighted by Gasteiger charge is -2.01. The fourth-order valence-corrected chi connectivity index (χ4v) is 2.22. The predicted octanol–water partition coefficient (Wildman–Crippen LogP) is 4.36. The number of alkyl halides is 2. The second kappa shape index (κ2) is 4.51. The van der Waals surface area contributed by atoms with Gasteiger partial charge < -0.3 is 0 Å². The van der Waals surface area contributed by atoms with Gasteiger partial charge in [-0.1, -0.05) is 33.6 Å². The highest BCUT2D eigenvalue weighted by Gasteiger charge is 2.10. The molecular weight excluding hydrogens is 301 g/mol. The summed E-state index contributed by atoms with van der Waals surface area (Å²) in [5, 5.41) is 4.15. The van der Waals surface area contributed by atoms with Crippen molar-refractivity contribution in [1.82, 2.24) is 9.78 Å². The summed E-state index contributed by atoms with van der Waals surface area (Å²) >= 11 is 9.11. The van der Waals surface area contributed by atoms with E-state index >= 15 is 0 Å². The second-order valence-corrected chi connectivity index (χ2v) is 4.40. The number of hydrogen-bond donors (Lipinski definition) is 0. The number of nitrogens with zero attached hydrogens (tertiary/aromatic N) is 2. The highest BCUT2D eigenvalue weighted by molar-refractivity contribution is 9.10. The molecule has 0 amide bonds. The van der Waals surface area contributed by atoms with Crippen molar-refractivity contribution in [2.45, 2.75) is 6.55 Å². The number of hydrogen-bond acceptors (Lipinski definition) is 1. The third-order valence-electron chi connectivity index (χ3n) is 2.04. The number of halogens is 4. The molecule has 0 aliphatic carbocycles. The topological polar surface area (TPSA) is 17.8 Å². The molecule has 0 aliphatic rings. The van der Waals surface area contributed by atoms with Crippen LogP contribution in [-0.4, -0.2) is 9.78 Å². The summed E-state index contributed by atoms with van der Waals surface area (Å²) < 4.78 is 26.0.